The molecular formula is C15H16F2N2OS. The second kappa shape index (κ2) is 5.33. The zero-order valence-electron chi connectivity index (χ0n) is 11.7. The molecule has 1 aliphatic carbocycles. The maximum Gasteiger partial charge on any atom is 0.232 e. The van der Waals surface area contributed by atoms with Gasteiger partial charge in [0.1, 0.15) is 11.6 Å². The molecule has 0 spiro atoms. The van der Waals surface area contributed by atoms with Crippen LogP contribution in [0.5, 0.6) is 0 Å². The van der Waals surface area contributed by atoms with Crippen LogP contribution < -0.4 is 5.32 Å². The van der Waals surface area contributed by atoms with E-state index in [1.165, 1.54) is 6.07 Å². The van der Waals surface area contributed by atoms with E-state index in [-0.39, 0.29) is 21.5 Å². The summed E-state index contributed by atoms with van der Waals surface area (Å²) in [6.07, 6.45) is 4.96. The maximum absolute atomic E-state index is 13.6. The first-order valence-electron chi connectivity index (χ1n) is 7.05. The van der Waals surface area contributed by atoms with Crippen LogP contribution in [-0.2, 0) is 4.79 Å². The van der Waals surface area contributed by atoms with Crippen molar-refractivity contribution in [1.29, 1.82) is 0 Å². The minimum atomic E-state index is -0.664. The Morgan fingerprint density at radius 2 is 2.00 bits per heavy atom. The number of aromatic nitrogens is 1. The lowest BCUT2D eigenvalue weighted by Crippen LogP contribution is -2.35. The Kier molecular flexibility index (Phi) is 3.65. The number of anilines is 1. The summed E-state index contributed by atoms with van der Waals surface area (Å²) in [4.78, 5) is 16.5. The molecule has 1 amide bonds. The van der Waals surface area contributed by atoms with Crippen molar-refractivity contribution in [3.05, 3.63) is 23.8 Å². The second-order valence-electron chi connectivity index (χ2n) is 5.83. The standard InChI is InChI=1S/C15H16F2N2OS/c1-15(5-3-2-4-6-15)13(20)19-14-18-11-8-9(16)7-10(17)12(11)21-14/h7-8H,2-6H2,1H3,(H,18,19,20). The number of carbonyl (C=O) groups is 1. The number of benzene rings is 1. The summed E-state index contributed by atoms with van der Waals surface area (Å²) in [6, 6.07) is 2.00. The Balaban J connectivity index is 1.84. The van der Waals surface area contributed by atoms with Gasteiger partial charge in [-0.15, -0.1) is 0 Å². The summed E-state index contributed by atoms with van der Waals surface area (Å²) in [5.74, 6) is -1.39. The van der Waals surface area contributed by atoms with Crippen molar-refractivity contribution < 1.29 is 13.6 Å². The molecule has 0 atom stereocenters. The molecular weight excluding hydrogens is 294 g/mol. The van der Waals surface area contributed by atoms with Gasteiger partial charge in [0.15, 0.2) is 5.13 Å². The average Bonchev–Trinajstić information content (AvgIpc) is 2.82. The third-order valence-electron chi connectivity index (χ3n) is 4.14. The van der Waals surface area contributed by atoms with E-state index in [1.807, 2.05) is 6.92 Å². The number of fused-ring (bicyclic) bond motifs is 1. The van der Waals surface area contributed by atoms with Gasteiger partial charge in [0.25, 0.3) is 0 Å². The molecule has 1 fully saturated rings. The van der Waals surface area contributed by atoms with Crippen LogP contribution in [0.25, 0.3) is 10.2 Å². The van der Waals surface area contributed by atoms with Crippen LogP contribution in [0.3, 0.4) is 0 Å². The number of nitrogens with zero attached hydrogens (tertiary/aromatic N) is 1. The first kappa shape index (κ1) is 14.4. The molecule has 0 aliphatic heterocycles. The lowest BCUT2D eigenvalue weighted by atomic mass is 9.75. The minimum absolute atomic E-state index is 0.0814. The highest BCUT2D eigenvalue weighted by molar-refractivity contribution is 7.22. The molecule has 1 aromatic carbocycles. The van der Waals surface area contributed by atoms with Crippen molar-refractivity contribution in [1.82, 2.24) is 4.98 Å². The van der Waals surface area contributed by atoms with Gasteiger partial charge in [0.2, 0.25) is 5.91 Å². The molecule has 3 rings (SSSR count). The Morgan fingerprint density at radius 1 is 1.29 bits per heavy atom. The fraction of sp³-hybridized carbons (Fsp3) is 0.467. The van der Waals surface area contributed by atoms with Gasteiger partial charge in [-0.3, -0.25) is 4.79 Å². The molecule has 1 aliphatic rings. The average molecular weight is 310 g/mol. The van der Waals surface area contributed by atoms with Crippen LogP contribution in [-0.4, -0.2) is 10.9 Å². The fourth-order valence-electron chi connectivity index (χ4n) is 2.82. The fourth-order valence-corrected chi connectivity index (χ4v) is 3.67. The minimum Gasteiger partial charge on any atom is -0.301 e. The molecule has 1 heterocycles. The summed E-state index contributed by atoms with van der Waals surface area (Å²) >= 11 is 1.04. The number of thiazole rings is 1. The van der Waals surface area contributed by atoms with E-state index in [0.717, 1.165) is 49.5 Å². The first-order chi connectivity index (χ1) is 9.98. The van der Waals surface area contributed by atoms with Crippen molar-refractivity contribution >= 4 is 32.6 Å². The molecule has 3 nitrogen and oxygen atoms in total. The van der Waals surface area contributed by atoms with Crippen LogP contribution in [0.2, 0.25) is 0 Å². The van der Waals surface area contributed by atoms with Gasteiger partial charge in [0, 0.05) is 17.5 Å². The van der Waals surface area contributed by atoms with Crippen LogP contribution in [0.4, 0.5) is 13.9 Å². The van der Waals surface area contributed by atoms with Crippen molar-refractivity contribution in [2.24, 2.45) is 5.41 Å². The number of halogens is 2. The molecule has 112 valence electrons. The molecule has 0 bridgehead atoms. The summed E-state index contributed by atoms with van der Waals surface area (Å²) in [6.45, 7) is 1.95. The van der Waals surface area contributed by atoms with E-state index in [0.29, 0.717) is 5.13 Å². The highest BCUT2D eigenvalue weighted by Crippen LogP contribution is 2.37. The van der Waals surface area contributed by atoms with Gasteiger partial charge in [0.05, 0.1) is 10.2 Å². The molecule has 0 saturated heterocycles. The second-order valence-corrected chi connectivity index (χ2v) is 6.83. The SMILES string of the molecule is CC1(C(=O)Nc2nc3cc(F)cc(F)c3s2)CCCCC1. The summed E-state index contributed by atoms with van der Waals surface area (Å²) in [5, 5.41) is 3.09. The molecule has 1 N–H and O–H groups in total. The number of carbonyl (C=O) groups excluding carboxylic acids is 1. The number of nitrogens with one attached hydrogen (secondary N) is 1. The predicted octanol–water partition coefficient (Wildman–Crippen LogP) is 4.48. The van der Waals surface area contributed by atoms with Crippen molar-refractivity contribution in [2.75, 3.05) is 5.32 Å². The summed E-state index contributed by atoms with van der Waals surface area (Å²) in [7, 11) is 0. The summed E-state index contributed by atoms with van der Waals surface area (Å²) < 4.78 is 27.1. The first-order valence-corrected chi connectivity index (χ1v) is 7.87. The lowest BCUT2D eigenvalue weighted by molar-refractivity contribution is -0.126. The Hall–Kier alpha value is -1.56. The Labute approximate surface area is 125 Å². The van der Waals surface area contributed by atoms with E-state index < -0.39 is 11.6 Å². The van der Waals surface area contributed by atoms with Crippen molar-refractivity contribution in [3.63, 3.8) is 0 Å². The molecule has 2 aromatic rings. The number of rotatable bonds is 2. The van der Waals surface area contributed by atoms with E-state index in [9.17, 15) is 13.6 Å². The molecule has 6 heteroatoms. The van der Waals surface area contributed by atoms with Gasteiger partial charge >= 0.3 is 0 Å². The molecule has 0 radical (unpaired) electrons. The number of hydrogen-bond acceptors (Lipinski definition) is 3. The van der Waals surface area contributed by atoms with E-state index in [2.05, 4.69) is 10.3 Å². The van der Waals surface area contributed by atoms with Crippen LogP contribution in [0.15, 0.2) is 12.1 Å². The van der Waals surface area contributed by atoms with Gasteiger partial charge < -0.3 is 5.32 Å². The normalized spacial score (nSPS) is 17.9. The highest BCUT2D eigenvalue weighted by Gasteiger charge is 2.35. The Bertz CT molecular complexity index is 692. The summed E-state index contributed by atoms with van der Waals surface area (Å²) in [5.41, 5.74) is -0.151. The largest absolute Gasteiger partial charge is 0.301 e. The quantitative estimate of drug-likeness (QED) is 0.888. The van der Waals surface area contributed by atoms with Crippen molar-refractivity contribution in [2.45, 2.75) is 39.0 Å². The van der Waals surface area contributed by atoms with E-state index in [1.54, 1.807) is 0 Å². The topological polar surface area (TPSA) is 42.0 Å². The zero-order valence-corrected chi connectivity index (χ0v) is 12.5. The third kappa shape index (κ3) is 2.77. The molecule has 21 heavy (non-hydrogen) atoms. The Morgan fingerprint density at radius 3 is 2.71 bits per heavy atom. The maximum atomic E-state index is 13.6. The highest BCUT2D eigenvalue weighted by atomic mass is 32.1. The smallest absolute Gasteiger partial charge is 0.232 e. The van der Waals surface area contributed by atoms with Gasteiger partial charge in [-0.25, -0.2) is 13.8 Å². The van der Waals surface area contributed by atoms with Crippen LogP contribution in [0, 0.1) is 17.0 Å². The predicted molar refractivity (Wildman–Crippen MR) is 79.4 cm³/mol. The lowest BCUT2D eigenvalue weighted by Gasteiger charge is -2.31. The van der Waals surface area contributed by atoms with E-state index >= 15 is 0 Å². The van der Waals surface area contributed by atoms with Crippen LogP contribution >= 0.6 is 11.3 Å². The number of hydrogen-bond donors (Lipinski definition) is 1. The van der Waals surface area contributed by atoms with Gasteiger partial charge in [-0.05, 0) is 12.8 Å². The van der Waals surface area contributed by atoms with Crippen LogP contribution in [0.1, 0.15) is 39.0 Å². The molecule has 0 unspecified atom stereocenters. The molecule has 1 aromatic heterocycles. The van der Waals surface area contributed by atoms with E-state index in [4.69, 9.17) is 0 Å². The molecule has 1 saturated carbocycles. The van der Waals surface area contributed by atoms with Gasteiger partial charge in [-0.2, -0.15) is 0 Å². The number of amides is 1. The van der Waals surface area contributed by atoms with Crippen molar-refractivity contribution in [3.8, 4) is 0 Å². The monoisotopic (exact) mass is 310 g/mol. The zero-order chi connectivity index (χ0) is 15.0. The third-order valence-corrected chi connectivity index (χ3v) is 5.13. The van der Waals surface area contributed by atoms with Gasteiger partial charge in [-0.1, -0.05) is 37.5 Å².